The van der Waals surface area contributed by atoms with Crippen LogP contribution in [0.1, 0.15) is 0 Å². The Hall–Kier alpha value is -3.33. The third kappa shape index (κ3) is 6.29. The zero-order valence-corrected chi connectivity index (χ0v) is 14.1. The number of nitrogens with zero attached hydrogens (tertiary/aromatic N) is 1. The zero-order valence-electron chi connectivity index (χ0n) is 13.3. The van der Waals surface area contributed by atoms with Gasteiger partial charge in [-0.3, -0.25) is 30.6 Å². The number of hydrogen-bond acceptors (Lipinski definition) is 6. The summed E-state index contributed by atoms with van der Waals surface area (Å²) >= 11 is 5.73. The van der Waals surface area contributed by atoms with Gasteiger partial charge in [-0.2, -0.15) is 0 Å². The predicted octanol–water partition coefficient (Wildman–Crippen LogP) is 1.85. The molecule has 0 heterocycles. The molecule has 0 spiro atoms. The second-order valence-electron chi connectivity index (χ2n) is 4.88. The summed E-state index contributed by atoms with van der Waals surface area (Å²) in [5, 5.41) is 11.1. The fourth-order valence-electron chi connectivity index (χ4n) is 1.70. The molecular formula is C16H14ClN3O6. The Morgan fingerprint density at radius 1 is 0.885 bits per heavy atom. The molecule has 136 valence electrons. The first-order chi connectivity index (χ1) is 12.4. The van der Waals surface area contributed by atoms with Gasteiger partial charge in [0.25, 0.3) is 17.5 Å². The van der Waals surface area contributed by atoms with Crippen molar-refractivity contribution in [3.05, 3.63) is 63.7 Å². The average molecular weight is 380 g/mol. The number of carbonyl (C=O) groups excluding carboxylic acids is 2. The standard InChI is InChI=1S/C16H14ClN3O6/c17-11-1-5-13(6-2-11)25-9-15(21)18-19-16(22)10-26-14-7-3-12(4-8-14)20(23)24/h1-8H,9-10H2,(H,18,21)(H,19,22). The van der Waals surface area contributed by atoms with Gasteiger partial charge in [-0.25, -0.2) is 0 Å². The van der Waals surface area contributed by atoms with Crippen molar-refractivity contribution < 1.29 is 24.0 Å². The van der Waals surface area contributed by atoms with Gasteiger partial charge >= 0.3 is 0 Å². The van der Waals surface area contributed by atoms with Crippen LogP contribution in [-0.4, -0.2) is 30.0 Å². The van der Waals surface area contributed by atoms with E-state index in [1.165, 1.54) is 24.3 Å². The first-order valence-corrected chi connectivity index (χ1v) is 7.65. The number of non-ortho nitro benzene ring substituents is 1. The van der Waals surface area contributed by atoms with E-state index >= 15 is 0 Å². The molecule has 10 heteroatoms. The fraction of sp³-hybridized carbons (Fsp3) is 0.125. The summed E-state index contributed by atoms with van der Waals surface area (Å²) in [7, 11) is 0. The fourth-order valence-corrected chi connectivity index (χ4v) is 1.83. The Bertz CT molecular complexity index is 780. The Labute approximate surface area is 153 Å². The Morgan fingerprint density at radius 2 is 1.31 bits per heavy atom. The molecule has 2 aromatic carbocycles. The maximum atomic E-state index is 11.6. The van der Waals surface area contributed by atoms with E-state index in [0.717, 1.165) is 0 Å². The molecule has 9 nitrogen and oxygen atoms in total. The molecule has 0 aliphatic rings. The van der Waals surface area contributed by atoms with E-state index in [9.17, 15) is 19.7 Å². The lowest BCUT2D eigenvalue weighted by Gasteiger charge is -2.09. The number of nitro benzene ring substituents is 1. The molecule has 0 atom stereocenters. The van der Waals surface area contributed by atoms with Crippen LogP contribution < -0.4 is 20.3 Å². The van der Waals surface area contributed by atoms with E-state index < -0.39 is 16.7 Å². The molecule has 2 amide bonds. The lowest BCUT2D eigenvalue weighted by Crippen LogP contribution is -2.45. The molecule has 0 fully saturated rings. The molecule has 0 unspecified atom stereocenters. The van der Waals surface area contributed by atoms with Gasteiger partial charge in [0.2, 0.25) is 0 Å². The second-order valence-corrected chi connectivity index (χ2v) is 5.32. The number of ether oxygens (including phenoxy) is 2. The minimum absolute atomic E-state index is 0.0882. The van der Waals surface area contributed by atoms with Crippen LogP contribution in [0, 0.1) is 10.1 Å². The minimum Gasteiger partial charge on any atom is -0.484 e. The Balaban J connectivity index is 1.66. The van der Waals surface area contributed by atoms with Crippen LogP contribution in [0.4, 0.5) is 5.69 Å². The van der Waals surface area contributed by atoms with E-state index in [-0.39, 0.29) is 24.7 Å². The van der Waals surface area contributed by atoms with Crippen LogP contribution in [0.15, 0.2) is 48.5 Å². The number of benzene rings is 2. The average Bonchev–Trinajstić information content (AvgIpc) is 2.64. The summed E-state index contributed by atoms with van der Waals surface area (Å²) < 4.78 is 10.4. The van der Waals surface area contributed by atoms with Crippen molar-refractivity contribution >= 4 is 29.1 Å². The van der Waals surface area contributed by atoms with Gasteiger partial charge in [0.15, 0.2) is 13.2 Å². The SMILES string of the molecule is O=C(COc1ccc(Cl)cc1)NNC(=O)COc1ccc([N+](=O)[O-])cc1. The van der Waals surface area contributed by atoms with Crippen LogP contribution in [0.5, 0.6) is 11.5 Å². The number of hydrogen-bond donors (Lipinski definition) is 2. The number of amides is 2. The normalized spacial score (nSPS) is 9.88. The van der Waals surface area contributed by atoms with E-state index in [4.69, 9.17) is 21.1 Å². The van der Waals surface area contributed by atoms with Gasteiger partial charge in [-0.15, -0.1) is 0 Å². The number of rotatable bonds is 7. The third-order valence-corrected chi connectivity index (χ3v) is 3.19. The van der Waals surface area contributed by atoms with Crippen molar-refractivity contribution in [1.29, 1.82) is 0 Å². The van der Waals surface area contributed by atoms with E-state index in [1.54, 1.807) is 24.3 Å². The summed E-state index contributed by atoms with van der Waals surface area (Å²) in [5.41, 5.74) is 4.23. The first-order valence-electron chi connectivity index (χ1n) is 7.27. The van der Waals surface area contributed by atoms with Crippen molar-refractivity contribution in [3.8, 4) is 11.5 Å². The number of nitro groups is 1. The first kappa shape index (κ1) is 19.0. The molecule has 0 saturated carbocycles. The quantitative estimate of drug-likeness (QED) is 0.559. The monoisotopic (exact) mass is 379 g/mol. The highest BCUT2D eigenvalue weighted by Crippen LogP contribution is 2.17. The van der Waals surface area contributed by atoms with Crippen molar-refractivity contribution in [1.82, 2.24) is 10.9 Å². The summed E-state index contributed by atoms with van der Waals surface area (Å²) in [6.07, 6.45) is 0. The maximum absolute atomic E-state index is 11.6. The van der Waals surface area contributed by atoms with Gasteiger partial charge in [0.05, 0.1) is 4.92 Å². The number of halogens is 1. The second kappa shape index (κ2) is 9.23. The highest BCUT2D eigenvalue weighted by atomic mass is 35.5. The topological polar surface area (TPSA) is 120 Å². The molecule has 26 heavy (non-hydrogen) atoms. The number of nitrogens with one attached hydrogen (secondary N) is 2. The van der Waals surface area contributed by atoms with Crippen LogP contribution in [-0.2, 0) is 9.59 Å². The van der Waals surface area contributed by atoms with Crippen LogP contribution in [0.2, 0.25) is 5.02 Å². The zero-order chi connectivity index (χ0) is 18.9. The summed E-state index contributed by atoms with van der Waals surface area (Å²) in [4.78, 5) is 33.2. The van der Waals surface area contributed by atoms with E-state index in [1.807, 2.05) is 0 Å². The molecule has 0 radical (unpaired) electrons. The lowest BCUT2D eigenvalue weighted by atomic mass is 10.3. The smallest absolute Gasteiger partial charge is 0.276 e. The van der Waals surface area contributed by atoms with Gasteiger partial charge < -0.3 is 9.47 Å². The summed E-state index contributed by atoms with van der Waals surface area (Å²) in [5.74, 6) is -0.438. The van der Waals surface area contributed by atoms with Crippen molar-refractivity contribution in [3.63, 3.8) is 0 Å². The molecule has 0 saturated heterocycles. The molecule has 2 rings (SSSR count). The summed E-state index contributed by atoms with van der Waals surface area (Å²) in [6.45, 7) is -0.679. The number of carbonyl (C=O) groups is 2. The van der Waals surface area contributed by atoms with Crippen LogP contribution in [0.3, 0.4) is 0 Å². The highest BCUT2D eigenvalue weighted by Gasteiger charge is 2.08. The van der Waals surface area contributed by atoms with Crippen molar-refractivity contribution in [2.75, 3.05) is 13.2 Å². The van der Waals surface area contributed by atoms with E-state index in [2.05, 4.69) is 10.9 Å². The van der Waals surface area contributed by atoms with Gasteiger partial charge in [0.1, 0.15) is 11.5 Å². The van der Waals surface area contributed by atoms with Crippen LogP contribution >= 0.6 is 11.6 Å². The Kier molecular flexibility index (Phi) is 6.75. The third-order valence-electron chi connectivity index (χ3n) is 2.94. The lowest BCUT2D eigenvalue weighted by molar-refractivity contribution is -0.384. The highest BCUT2D eigenvalue weighted by molar-refractivity contribution is 6.30. The molecule has 2 aromatic rings. The van der Waals surface area contributed by atoms with Gasteiger partial charge in [-0.05, 0) is 36.4 Å². The molecule has 2 N–H and O–H groups in total. The molecule has 0 bridgehead atoms. The molecule has 0 aromatic heterocycles. The number of hydrazine groups is 1. The van der Waals surface area contributed by atoms with Gasteiger partial charge in [0, 0.05) is 17.2 Å². The molecule has 0 aliphatic heterocycles. The molecule has 0 aliphatic carbocycles. The van der Waals surface area contributed by atoms with E-state index in [0.29, 0.717) is 10.8 Å². The predicted molar refractivity (Wildman–Crippen MR) is 91.8 cm³/mol. The van der Waals surface area contributed by atoms with Gasteiger partial charge in [-0.1, -0.05) is 11.6 Å². The Morgan fingerprint density at radius 3 is 1.73 bits per heavy atom. The summed E-state index contributed by atoms with van der Waals surface area (Å²) in [6, 6.07) is 11.7. The minimum atomic E-state index is -0.608. The molecular weight excluding hydrogens is 366 g/mol. The largest absolute Gasteiger partial charge is 0.484 e. The van der Waals surface area contributed by atoms with Crippen molar-refractivity contribution in [2.24, 2.45) is 0 Å². The van der Waals surface area contributed by atoms with Crippen LogP contribution in [0.25, 0.3) is 0 Å². The van der Waals surface area contributed by atoms with Crippen molar-refractivity contribution in [2.45, 2.75) is 0 Å². The maximum Gasteiger partial charge on any atom is 0.276 e.